The molecule has 1 aromatic heterocycles. The number of benzene rings is 3. The quantitative estimate of drug-likeness (QED) is 0.468. The van der Waals surface area contributed by atoms with Crippen molar-refractivity contribution >= 4 is 16.9 Å². The molecule has 0 aliphatic carbocycles. The molecule has 4 aromatic rings. The Balaban J connectivity index is 1.24. The fraction of sp³-hybridized carbons (Fsp3) is 0.259. The number of halogens is 1. The third kappa shape index (κ3) is 3.53. The molecule has 3 heterocycles. The van der Waals surface area contributed by atoms with Gasteiger partial charge in [-0.05, 0) is 55.2 Å². The molecule has 2 saturated heterocycles. The first-order chi connectivity index (χ1) is 16.6. The van der Waals surface area contributed by atoms with Gasteiger partial charge in [0.05, 0.1) is 29.7 Å². The lowest BCUT2D eigenvalue weighted by Gasteiger charge is -2.28. The fourth-order valence-corrected chi connectivity index (χ4v) is 5.31. The fourth-order valence-electron chi connectivity index (χ4n) is 5.31. The summed E-state index contributed by atoms with van der Waals surface area (Å²) in [5, 5.41) is 4.04. The van der Waals surface area contributed by atoms with Crippen LogP contribution in [0.15, 0.2) is 66.7 Å². The minimum Gasteiger partial charge on any atom is -0.497 e. The summed E-state index contributed by atoms with van der Waals surface area (Å²) < 4.78 is 20.4. The largest absolute Gasteiger partial charge is 0.497 e. The van der Waals surface area contributed by atoms with Crippen LogP contribution in [0.3, 0.4) is 0 Å². The Labute approximate surface area is 196 Å². The van der Waals surface area contributed by atoms with Crippen LogP contribution in [0.1, 0.15) is 28.8 Å². The van der Waals surface area contributed by atoms with E-state index < -0.39 is 5.82 Å². The molecule has 6 nitrogen and oxygen atoms in total. The number of fused-ring (bicyclic) bond motifs is 3. The summed E-state index contributed by atoms with van der Waals surface area (Å²) in [6.45, 7) is 0.858. The van der Waals surface area contributed by atoms with Crippen molar-refractivity contribution in [1.82, 2.24) is 20.0 Å². The van der Waals surface area contributed by atoms with Crippen LogP contribution in [0, 0.1) is 5.82 Å². The van der Waals surface area contributed by atoms with Crippen LogP contribution in [-0.2, 0) is 6.42 Å². The smallest absolute Gasteiger partial charge is 0.268 e. The van der Waals surface area contributed by atoms with Crippen molar-refractivity contribution in [3.05, 3.63) is 83.7 Å². The van der Waals surface area contributed by atoms with Crippen LogP contribution in [0.4, 0.5) is 4.39 Å². The number of hydrogen-bond donors (Lipinski definition) is 1. The van der Waals surface area contributed by atoms with E-state index in [0.717, 1.165) is 36.8 Å². The molecule has 0 radical (unpaired) electrons. The number of aromatic amines is 1. The van der Waals surface area contributed by atoms with Gasteiger partial charge < -0.3 is 9.72 Å². The molecule has 172 valence electrons. The van der Waals surface area contributed by atoms with E-state index in [1.54, 1.807) is 19.2 Å². The maximum Gasteiger partial charge on any atom is 0.268 e. The number of hydrogen-bond acceptors (Lipinski definition) is 4. The molecule has 0 saturated carbocycles. The summed E-state index contributed by atoms with van der Waals surface area (Å²) in [6.07, 6.45) is 2.81. The predicted octanol–water partition coefficient (Wildman–Crippen LogP) is 4.82. The Hall–Kier alpha value is -3.71. The van der Waals surface area contributed by atoms with E-state index in [2.05, 4.69) is 27.1 Å². The van der Waals surface area contributed by atoms with Gasteiger partial charge in [0, 0.05) is 24.2 Å². The minimum absolute atomic E-state index is 0.141. The van der Waals surface area contributed by atoms with Crippen molar-refractivity contribution in [2.24, 2.45) is 0 Å². The van der Waals surface area contributed by atoms with Crippen LogP contribution in [0.5, 0.6) is 5.75 Å². The molecule has 6 rings (SSSR count). The highest BCUT2D eigenvalue weighted by molar-refractivity contribution is 5.95. The second-order valence-electron chi connectivity index (χ2n) is 9.00. The Morgan fingerprint density at radius 3 is 2.79 bits per heavy atom. The normalized spacial score (nSPS) is 21.4. The van der Waals surface area contributed by atoms with Crippen LogP contribution < -0.4 is 4.74 Å². The van der Waals surface area contributed by atoms with Crippen LogP contribution >= 0.6 is 0 Å². The van der Waals surface area contributed by atoms with Gasteiger partial charge in [0.25, 0.3) is 5.91 Å². The molecular formula is C27H25FN4O2. The summed E-state index contributed by atoms with van der Waals surface area (Å²) in [7, 11) is 1.60. The lowest BCUT2D eigenvalue weighted by Crippen LogP contribution is -2.42. The summed E-state index contributed by atoms with van der Waals surface area (Å²) >= 11 is 0. The van der Waals surface area contributed by atoms with Crippen molar-refractivity contribution in [3.8, 4) is 17.1 Å². The average Bonchev–Trinajstić information content (AvgIpc) is 3.56. The number of carbonyl (C=O) groups excluding carboxylic acids is 1. The summed E-state index contributed by atoms with van der Waals surface area (Å²) in [5.41, 5.74) is 3.45. The lowest BCUT2D eigenvalue weighted by atomic mass is 9.97. The maximum atomic E-state index is 15.2. The second-order valence-corrected chi connectivity index (χ2v) is 9.00. The van der Waals surface area contributed by atoms with E-state index in [9.17, 15) is 4.79 Å². The number of rotatable bonds is 5. The first kappa shape index (κ1) is 20.9. The number of imidazole rings is 1. The molecule has 3 unspecified atom stereocenters. The molecule has 3 atom stereocenters. The van der Waals surface area contributed by atoms with Crippen molar-refractivity contribution < 1.29 is 13.9 Å². The predicted molar refractivity (Wildman–Crippen MR) is 128 cm³/mol. The van der Waals surface area contributed by atoms with Crippen LogP contribution in [0.25, 0.3) is 22.4 Å². The Kier molecular flexibility index (Phi) is 5.07. The maximum absolute atomic E-state index is 15.2. The minimum atomic E-state index is -0.473. The molecule has 7 heteroatoms. The number of hydrazine groups is 1. The third-order valence-corrected chi connectivity index (χ3v) is 6.96. The molecule has 2 fully saturated rings. The van der Waals surface area contributed by atoms with E-state index in [1.165, 1.54) is 11.6 Å². The molecule has 0 spiro atoms. The SMILES string of the molecule is COc1ccc2nc(-c3ccc(C(=O)N4C5CCN4C(Cc4ccccc4)C5)cc3F)[nH]c2c1. The zero-order valence-electron chi connectivity index (χ0n) is 18.9. The highest BCUT2D eigenvalue weighted by atomic mass is 19.1. The van der Waals surface area contributed by atoms with Crippen molar-refractivity contribution in [3.63, 3.8) is 0 Å². The Bertz CT molecular complexity index is 1370. The summed E-state index contributed by atoms with van der Waals surface area (Å²) in [6, 6.07) is 20.9. The Morgan fingerprint density at radius 1 is 1.15 bits per heavy atom. The van der Waals surface area contributed by atoms with Crippen molar-refractivity contribution in [2.45, 2.75) is 31.3 Å². The average molecular weight is 457 g/mol. The summed E-state index contributed by atoms with van der Waals surface area (Å²) in [5.74, 6) is 0.509. The van der Waals surface area contributed by atoms with Gasteiger partial charge in [0.2, 0.25) is 0 Å². The number of methoxy groups -OCH3 is 1. The standard InChI is InChI=1S/C27H25FN4O2/c1-34-21-8-10-24-25(16-21)30-26(29-24)22-9-7-18(14-23(22)28)27(33)32-19-11-12-31(32)20(15-19)13-17-5-3-2-4-6-17/h2-10,14,16,19-20H,11-13,15H2,1H3,(H,29,30). The number of carbonyl (C=O) groups is 1. The van der Waals surface area contributed by atoms with Gasteiger partial charge >= 0.3 is 0 Å². The van der Waals surface area contributed by atoms with E-state index in [1.807, 2.05) is 41.4 Å². The van der Waals surface area contributed by atoms with Gasteiger partial charge in [0.15, 0.2) is 0 Å². The zero-order valence-corrected chi connectivity index (χ0v) is 18.9. The van der Waals surface area contributed by atoms with Gasteiger partial charge in [-0.15, -0.1) is 0 Å². The van der Waals surface area contributed by atoms with Crippen LogP contribution in [0.2, 0.25) is 0 Å². The van der Waals surface area contributed by atoms with E-state index in [0.29, 0.717) is 28.7 Å². The topological polar surface area (TPSA) is 61.5 Å². The number of nitrogens with zero attached hydrogens (tertiary/aromatic N) is 3. The molecule has 2 aliphatic rings. The number of ether oxygens (including phenoxy) is 1. The van der Waals surface area contributed by atoms with Gasteiger partial charge in [0.1, 0.15) is 17.4 Å². The number of piperidine rings is 1. The summed E-state index contributed by atoms with van der Waals surface area (Å²) in [4.78, 5) is 21.0. The number of aromatic nitrogens is 2. The molecular weight excluding hydrogens is 431 g/mol. The van der Waals surface area contributed by atoms with Crippen molar-refractivity contribution in [1.29, 1.82) is 0 Å². The van der Waals surface area contributed by atoms with E-state index >= 15 is 4.39 Å². The number of nitrogens with one attached hydrogen (secondary N) is 1. The molecule has 34 heavy (non-hydrogen) atoms. The molecule has 3 aromatic carbocycles. The van der Waals surface area contributed by atoms with Gasteiger partial charge in [-0.25, -0.2) is 14.4 Å². The second kappa shape index (κ2) is 8.25. The highest BCUT2D eigenvalue weighted by Crippen LogP contribution is 2.37. The molecule has 2 bridgehead atoms. The number of H-pyrrole nitrogens is 1. The van der Waals surface area contributed by atoms with E-state index in [-0.39, 0.29) is 11.9 Å². The Morgan fingerprint density at radius 2 is 2.00 bits per heavy atom. The van der Waals surface area contributed by atoms with Crippen molar-refractivity contribution in [2.75, 3.05) is 13.7 Å². The highest BCUT2D eigenvalue weighted by Gasteiger charge is 2.47. The molecule has 2 aliphatic heterocycles. The van der Waals surface area contributed by atoms with E-state index in [4.69, 9.17) is 4.74 Å². The molecule has 1 N–H and O–H groups in total. The van der Waals surface area contributed by atoms with Gasteiger partial charge in [-0.2, -0.15) is 0 Å². The first-order valence-corrected chi connectivity index (χ1v) is 11.6. The lowest BCUT2D eigenvalue weighted by molar-refractivity contribution is 0.0197. The first-order valence-electron chi connectivity index (χ1n) is 11.6. The molecule has 1 amide bonds. The number of amides is 1. The zero-order chi connectivity index (χ0) is 23.2. The van der Waals surface area contributed by atoms with Gasteiger partial charge in [-0.3, -0.25) is 9.80 Å². The third-order valence-electron chi connectivity index (χ3n) is 6.96. The van der Waals surface area contributed by atoms with Gasteiger partial charge in [-0.1, -0.05) is 30.3 Å². The monoisotopic (exact) mass is 456 g/mol. The van der Waals surface area contributed by atoms with Crippen LogP contribution in [-0.4, -0.2) is 51.6 Å².